The molecule has 3 aromatic carbocycles. The van der Waals surface area contributed by atoms with Crippen LogP contribution < -0.4 is 0 Å². The van der Waals surface area contributed by atoms with Crippen LogP contribution >= 0.6 is 15.9 Å². The van der Waals surface area contributed by atoms with E-state index in [-0.39, 0.29) is 5.78 Å². The van der Waals surface area contributed by atoms with E-state index in [1.165, 1.54) is 5.56 Å². The van der Waals surface area contributed by atoms with Crippen molar-refractivity contribution in [3.05, 3.63) is 107 Å². The molecule has 3 aromatic rings. The van der Waals surface area contributed by atoms with Gasteiger partial charge in [0.15, 0.2) is 5.78 Å². The zero-order valence-electron chi connectivity index (χ0n) is 14.6. The molecule has 0 radical (unpaired) electrons. The molecule has 0 aliphatic carbocycles. The summed E-state index contributed by atoms with van der Waals surface area (Å²) in [5.74, 6) is 0.0621. The Kier molecular flexibility index (Phi) is 6.56. The molecule has 0 amide bonds. The normalized spacial score (nSPS) is 11.0. The molecule has 0 aromatic heterocycles. The summed E-state index contributed by atoms with van der Waals surface area (Å²) in [6, 6.07) is 26.4. The average molecular weight is 405 g/mol. The van der Waals surface area contributed by atoms with E-state index in [1.54, 1.807) is 6.08 Å². The van der Waals surface area contributed by atoms with Gasteiger partial charge in [0.25, 0.3) is 0 Å². The number of aryl methyl sites for hydroxylation is 1. The maximum atomic E-state index is 12.3. The van der Waals surface area contributed by atoms with E-state index in [1.807, 2.05) is 48.5 Å². The van der Waals surface area contributed by atoms with Crippen LogP contribution in [-0.2, 0) is 6.42 Å². The molecular formula is C24H21BrO. The Bertz CT molecular complexity index is 862. The fourth-order valence-electron chi connectivity index (χ4n) is 2.82. The number of hydrogen-bond donors (Lipinski definition) is 0. The summed E-state index contributed by atoms with van der Waals surface area (Å²) in [4.78, 5) is 12.3. The molecule has 130 valence electrons. The maximum absolute atomic E-state index is 12.3. The molecule has 0 saturated heterocycles. The van der Waals surface area contributed by atoms with Crippen molar-refractivity contribution in [3.63, 3.8) is 0 Å². The number of carbonyl (C=O) groups is 1. The molecule has 3 rings (SSSR count). The number of halogens is 1. The monoisotopic (exact) mass is 404 g/mol. The van der Waals surface area contributed by atoms with Gasteiger partial charge in [0.1, 0.15) is 0 Å². The number of carbonyl (C=O) groups excluding carboxylic acids is 1. The van der Waals surface area contributed by atoms with E-state index < -0.39 is 0 Å². The number of hydrogen-bond acceptors (Lipinski definition) is 1. The van der Waals surface area contributed by atoms with Crippen molar-refractivity contribution in [2.75, 3.05) is 0 Å². The minimum Gasteiger partial charge on any atom is -0.289 e. The second-order valence-corrected chi connectivity index (χ2v) is 7.14. The highest BCUT2D eigenvalue weighted by atomic mass is 79.9. The fraction of sp³-hybridized carbons (Fsp3) is 0.125. The SMILES string of the molecule is O=C(/C=C/CCCc1ccccc1)c1ccc(-c2ccc(Br)cc2)cc1. The minimum atomic E-state index is 0.0621. The van der Waals surface area contributed by atoms with Crippen LogP contribution in [0.3, 0.4) is 0 Å². The van der Waals surface area contributed by atoms with E-state index in [2.05, 4.69) is 52.3 Å². The Hall–Kier alpha value is -2.45. The third-order valence-corrected chi connectivity index (χ3v) is 4.82. The van der Waals surface area contributed by atoms with Gasteiger partial charge in [-0.3, -0.25) is 4.79 Å². The third-order valence-electron chi connectivity index (χ3n) is 4.30. The van der Waals surface area contributed by atoms with Gasteiger partial charge in [-0.15, -0.1) is 0 Å². The van der Waals surface area contributed by atoms with Crippen LogP contribution in [0.2, 0.25) is 0 Å². The lowest BCUT2D eigenvalue weighted by molar-refractivity contribution is 0.104. The summed E-state index contributed by atoms with van der Waals surface area (Å²) < 4.78 is 1.06. The van der Waals surface area contributed by atoms with E-state index in [0.717, 1.165) is 40.4 Å². The molecule has 2 heteroatoms. The molecular weight excluding hydrogens is 384 g/mol. The smallest absolute Gasteiger partial charge is 0.185 e. The Labute approximate surface area is 163 Å². The summed E-state index contributed by atoms with van der Waals surface area (Å²) in [7, 11) is 0. The van der Waals surface area contributed by atoms with Crippen molar-refractivity contribution in [3.8, 4) is 11.1 Å². The molecule has 1 nitrogen and oxygen atoms in total. The van der Waals surface area contributed by atoms with Crippen LogP contribution in [0.4, 0.5) is 0 Å². The molecule has 0 atom stereocenters. The van der Waals surface area contributed by atoms with Gasteiger partial charge < -0.3 is 0 Å². The number of rotatable bonds is 7. The first-order chi connectivity index (χ1) is 12.7. The molecule has 0 saturated carbocycles. The van der Waals surface area contributed by atoms with Crippen LogP contribution in [-0.4, -0.2) is 5.78 Å². The van der Waals surface area contributed by atoms with Crippen molar-refractivity contribution < 1.29 is 4.79 Å². The molecule has 0 aliphatic heterocycles. The van der Waals surface area contributed by atoms with E-state index >= 15 is 0 Å². The molecule has 0 N–H and O–H groups in total. The first-order valence-corrected chi connectivity index (χ1v) is 9.62. The molecule has 0 heterocycles. The molecule has 0 bridgehead atoms. The first-order valence-electron chi connectivity index (χ1n) is 8.83. The lowest BCUT2D eigenvalue weighted by Crippen LogP contribution is -1.94. The first kappa shape index (κ1) is 18.3. The molecule has 0 unspecified atom stereocenters. The highest BCUT2D eigenvalue weighted by Crippen LogP contribution is 2.22. The van der Waals surface area contributed by atoms with Crippen molar-refractivity contribution in [2.45, 2.75) is 19.3 Å². The van der Waals surface area contributed by atoms with E-state index in [4.69, 9.17) is 0 Å². The summed E-state index contributed by atoms with van der Waals surface area (Å²) >= 11 is 3.44. The van der Waals surface area contributed by atoms with Crippen LogP contribution in [0.1, 0.15) is 28.8 Å². The predicted octanol–water partition coefficient (Wildman–Crippen LogP) is 6.88. The Morgan fingerprint density at radius 3 is 2.08 bits per heavy atom. The summed E-state index contributed by atoms with van der Waals surface area (Å²) in [5.41, 5.74) is 4.32. The van der Waals surface area contributed by atoms with Crippen LogP contribution in [0.15, 0.2) is 95.5 Å². The number of ketones is 1. The summed E-state index contributed by atoms with van der Waals surface area (Å²) in [5, 5.41) is 0. The second-order valence-electron chi connectivity index (χ2n) is 6.23. The van der Waals surface area contributed by atoms with Gasteiger partial charge in [-0.25, -0.2) is 0 Å². The summed E-state index contributed by atoms with van der Waals surface area (Å²) in [6.07, 6.45) is 6.68. The summed E-state index contributed by atoms with van der Waals surface area (Å²) in [6.45, 7) is 0. The minimum absolute atomic E-state index is 0.0621. The largest absolute Gasteiger partial charge is 0.289 e. The van der Waals surface area contributed by atoms with Gasteiger partial charge in [-0.2, -0.15) is 0 Å². The van der Waals surface area contributed by atoms with Crippen molar-refractivity contribution in [2.24, 2.45) is 0 Å². The Morgan fingerprint density at radius 1 is 0.808 bits per heavy atom. The highest BCUT2D eigenvalue weighted by Gasteiger charge is 2.03. The highest BCUT2D eigenvalue weighted by molar-refractivity contribution is 9.10. The van der Waals surface area contributed by atoms with Gasteiger partial charge >= 0.3 is 0 Å². The average Bonchev–Trinajstić information content (AvgIpc) is 2.69. The maximum Gasteiger partial charge on any atom is 0.185 e. The Morgan fingerprint density at radius 2 is 1.42 bits per heavy atom. The van der Waals surface area contributed by atoms with Gasteiger partial charge in [0.05, 0.1) is 0 Å². The predicted molar refractivity (Wildman–Crippen MR) is 112 cm³/mol. The van der Waals surface area contributed by atoms with Crippen molar-refractivity contribution in [1.82, 2.24) is 0 Å². The van der Waals surface area contributed by atoms with Crippen LogP contribution in [0, 0.1) is 0 Å². The molecule has 26 heavy (non-hydrogen) atoms. The van der Waals surface area contributed by atoms with Crippen LogP contribution in [0.25, 0.3) is 11.1 Å². The fourth-order valence-corrected chi connectivity index (χ4v) is 3.09. The van der Waals surface area contributed by atoms with Gasteiger partial charge in [-0.05, 0) is 54.2 Å². The third kappa shape index (κ3) is 5.27. The zero-order valence-corrected chi connectivity index (χ0v) is 16.2. The lowest BCUT2D eigenvalue weighted by Gasteiger charge is -2.03. The standard InChI is InChI=1S/C24H21BrO/c25-23-17-15-21(16-18-23)20-11-13-22(14-12-20)24(26)10-6-2-5-9-19-7-3-1-4-8-19/h1,3-4,6-8,10-18H,2,5,9H2/b10-6+. The van der Waals surface area contributed by atoms with Gasteiger partial charge in [-0.1, -0.05) is 88.7 Å². The molecule has 0 spiro atoms. The Balaban J connectivity index is 1.52. The van der Waals surface area contributed by atoms with E-state index in [9.17, 15) is 4.79 Å². The molecule has 0 fully saturated rings. The van der Waals surface area contributed by atoms with Crippen LogP contribution in [0.5, 0.6) is 0 Å². The topological polar surface area (TPSA) is 17.1 Å². The number of allylic oxidation sites excluding steroid dienone is 2. The zero-order chi connectivity index (χ0) is 18.2. The second kappa shape index (κ2) is 9.30. The number of unbranched alkanes of at least 4 members (excludes halogenated alkanes) is 1. The van der Waals surface area contributed by atoms with Gasteiger partial charge in [0, 0.05) is 10.0 Å². The quantitative estimate of drug-likeness (QED) is 0.238. The van der Waals surface area contributed by atoms with E-state index in [0.29, 0.717) is 0 Å². The van der Waals surface area contributed by atoms with Crippen molar-refractivity contribution >= 4 is 21.7 Å². The molecule has 0 aliphatic rings. The number of benzene rings is 3. The lowest BCUT2D eigenvalue weighted by atomic mass is 10.0. The van der Waals surface area contributed by atoms with Gasteiger partial charge in [0.2, 0.25) is 0 Å². The van der Waals surface area contributed by atoms with Crippen molar-refractivity contribution in [1.29, 1.82) is 0 Å².